The molecule has 2 aromatic carbocycles. The number of anilines is 2. The van der Waals surface area contributed by atoms with Crippen LogP contribution < -0.4 is 11.5 Å². The number of hydrogen-bond acceptors (Lipinski definition) is 2. The van der Waals surface area contributed by atoms with Crippen LogP contribution in [-0.4, -0.2) is 0 Å². The van der Waals surface area contributed by atoms with Gasteiger partial charge in [0.25, 0.3) is 0 Å². The Labute approximate surface area is 100 Å². The third-order valence-electron chi connectivity index (χ3n) is 3.26. The summed E-state index contributed by atoms with van der Waals surface area (Å²) in [4.78, 5) is 0. The van der Waals surface area contributed by atoms with Crippen molar-refractivity contribution < 1.29 is 4.39 Å². The summed E-state index contributed by atoms with van der Waals surface area (Å²) in [6.45, 7) is 3.92. The number of fused-ring (bicyclic) bond motifs is 1. The molecule has 90 valence electrons. The van der Waals surface area contributed by atoms with E-state index in [9.17, 15) is 4.39 Å². The van der Waals surface area contributed by atoms with E-state index in [-0.39, 0.29) is 5.82 Å². The molecule has 0 spiro atoms. The van der Waals surface area contributed by atoms with Crippen LogP contribution in [-0.2, 0) is 12.8 Å². The van der Waals surface area contributed by atoms with E-state index in [1.807, 2.05) is 13.8 Å². The van der Waals surface area contributed by atoms with Gasteiger partial charge in [-0.2, -0.15) is 0 Å². The van der Waals surface area contributed by atoms with Gasteiger partial charge in [0.1, 0.15) is 5.82 Å². The number of nitrogen functional groups attached to an aromatic ring is 2. The lowest BCUT2D eigenvalue weighted by Gasteiger charge is -2.16. The van der Waals surface area contributed by atoms with Gasteiger partial charge in [-0.25, -0.2) is 4.39 Å². The highest BCUT2D eigenvalue weighted by Crippen LogP contribution is 2.35. The lowest BCUT2D eigenvalue weighted by atomic mass is 9.94. The van der Waals surface area contributed by atoms with Crippen molar-refractivity contribution >= 4 is 22.1 Å². The van der Waals surface area contributed by atoms with Crippen LogP contribution in [0, 0.1) is 5.82 Å². The van der Waals surface area contributed by atoms with Crippen molar-refractivity contribution in [3.05, 3.63) is 35.1 Å². The van der Waals surface area contributed by atoms with Gasteiger partial charge < -0.3 is 11.5 Å². The Balaban J connectivity index is 2.99. The molecule has 0 radical (unpaired) electrons. The predicted octanol–water partition coefficient (Wildman–Crippen LogP) is 3.27. The van der Waals surface area contributed by atoms with Gasteiger partial charge in [0, 0.05) is 22.1 Å². The molecular formula is C14H17FN2. The lowest BCUT2D eigenvalue weighted by molar-refractivity contribution is 0.621. The quantitative estimate of drug-likeness (QED) is 0.781. The van der Waals surface area contributed by atoms with E-state index in [0.29, 0.717) is 34.1 Å². The van der Waals surface area contributed by atoms with Crippen LogP contribution in [0.2, 0.25) is 0 Å². The SMILES string of the molecule is CCc1c(CC)c(N)c2c(N)cccc2c1F. The fourth-order valence-electron chi connectivity index (χ4n) is 2.43. The normalized spacial score (nSPS) is 11.0. The largest absolute Gasteiger partial charge is 0.398 e. The highest BCUT2D eigenvalue weighted by atomic mass is 19.1. The molecule has 0 unspecified atom stereocenters. The fraction of sp³-hybridized carbons (Fsp3) is 0.286. The molecule has 0 aliphatic heterocycles. The van der Waals surface area contributed by atoms with Crippen LogP contribution >= 0.6 is 0 Å². The smallest absolute Gasteiger partial charge is 0.134 e. The van der Waals surface area contributed by atoms with Crippen molar-refractivity contribution in [1.82, 2.24) is 0 Å². The van der Waals surface area contributed by atoms with Crippen molar-refractivity contribution in [3.8, 4) is 0 Å². The Morgan fingerprint density at radius 3 is 2.29 bits per heavy atom. The predicted molar refractivity (Wildman–Crippen MR) is 71.5 cm³/mol. The maximum atomic E-state index is 14.4. The van der Waals surface area contributed by atoms with E-state index >= 15 is 0 Å². The van der Waals surface area contributed by atoms with Crippen LogP contribution in [0.5, 0.6) is 0 Å². The first kappa shape index (κ1) is 11.7. The highest BCUT2D eigenvalue weighted by Gasteiger charge is 2.16. The van der Waals surface area contributed by atoms with E-state index in [1.165, 1.54) is 0 Å². The maximum absolute atomic E-state index is 14.4. The topological polar surface area (TPSA) is 52.0 Å². The van der Waals surface area contributed by atoms with Gasteiger partial charge >= 0.3 is 0 Å². The molecule has 17 heavy (non-hydrogen) atoms. The number of benzene rings is 2. The first-order valence-corrected chi connectivity index (χ1v) is 5.88. The minimum absolute atomic E-state index is 0.180. The van der Waals surface area contributed by atoms with Gasteiger partial charge in [-0.05, 0) is 30.0 Å². The zero-order valence-electron chi connectivity index (χ0n) is 10.2. The number of rotatable bonds is 2. The first-order valence-electron chi connectivity index (χ1n) is 5.88. The van der Waals surface area contributed by atoms with Crippen LogP contribution in [0.25, 0.3) is 10.8 Å². The molecule has 0 aliphatic rings. The third-order valence-corrected chi connectivity index (χ3v) is 3.26. The summed E-state index contributed by atoms with van der Waals surface area (Å²) < 4.78 is 14.4. The van der Waals surface area contributed by atoms with E-state index in [1.54, 1.807) is 18.2 Å². The molecule has 3 heteroatoms. The van der Waals surface area contributed by atoms with Crippen LogP contribution in [0.1, 0.15) is 25.0 Å². The summed E-state index contributed by atoms with van der Waals surface area (Å²) in [6, 6.07) is 5.24. The molecule has 0 heterocycles. The molecule has 0 fully saturated rings. The molecule has 0 atom stereocenters. The Morgan fingerprint density at radius 1 is 1.06 bits per heavy atom. The van der Waals surface area contributed by atoms with Gasteiger partial charge in [-0.1, -0.05) is 26.0 Å². The number of nitrogens with two attached hydrogens (primary N) is 2. The van der Waals surface area contributed by atoms with Gasteiger partial charge in [0.05, 0.1) is 0 Å². The van der Waals surface area contributed by atoms with E-state index < -0.39 is 0 Å². The first-order chi connectivity index (χ1) is 8.11. The Bertz CT molecular complexity index is 576. The van der Waals surface area contributed by atoms with Crippen molar-refractivity contribution in [3.63, 3.8) is 0 Å². The average Bonchev–Trinajstić information content (AvgIpc) is 2.33. The molecule has 0 saturated heterocycles. The van der Waals surface area contributed by atoms with Crippen molar-refractivity contribution in [1.29, 1.82) is 0 Å². The summed E-state index contributed by atoms with van der Waals surface area (Å²) in [7, 11) is 0. The molecule has 0 aromatic heterocycles. The van der Waals surface area contributed by atoms with Crippen LogP contribution in [0.3, 0.4) is 0 Å². The lowest BCUT2D eigenvalue weighted by Crippen LogP contribution is -2.05. The molecule has 2 nitrogen and oxygen atoms in total. The minimum Gasteiger partial charge on any atom is -0.398 e. The fourth-order valence-corrected chi connectivity index (χ4v) is 2.43. The molecule has 0 aliphatic carbocycles. The minimum atomic E-state index is -0.180. The van der Waals surface area contributed by atoms with Gasteiger partial charge in [0.2, 0.25) is 0 Å². The second kappa shape index (κ2) is 4.24. The van der Waals surface area contributed by atoms with Gasteiger partial charge in [0.15, 0.2) is 0 Å². The molecule has 0 bridgehead atoms. The Hall–Kier alpha value is -1.77. The highest BCUT2D eigenvalue weighted by molar-refractivity contribution is 6.03. The second-order valence-electron chi connectivity index (χ2n) is 4.16. The summed E-state index contributed by atoms with van der Waals surface area (Å²) in [5.41, 5.74) is 14.8. The zero-order chi connectivity index (χ0) is 12.6. The summed E-state index contributed by atoms with van der Waals surface area (Å²) in [5, 5.41) is 1.18. The van der Waals surface area contributed by atoms with Crippen molar-refractivity contribution in [2.75, 3.05) is 11.5 Å². The second-order valence-corrected chi connectivity index (χ2v) is 4.16. The average molecular weight is 232 g/mol. The monoisotopic (exact) mass is 232 g/mol. The molecule has 2 aromatic rings. The van der Waals surface area contributed by atoms with Gasteiger partial charge in [-0.3, -0.25) is 0 Å². The van der Waals surface area contributed by atoms with E-state index in [2.05, 4.69) is 0 Å². The number of halogens is 1. The molecular weight excluding hydrogens is 215 g/mol. The molecule has 2 rings (SSSR count). The third kappa shape index (κ3) is 1.62. The Morgan fingerprint density at radius 2 is 1.71 bits per heavy atom. The molecule has 4 N–H and O–H groups in total. The molecule has 0 amide bonds. The summed E-state index contributed by atoms with van der Waals surface area (Å²) >= 11 is 0. The van der Waals surface area contributed by atoms with Crippen molar-refractivity contribution in [2.24, 2.45) is 0 Å². The summed E-state index contributed by atoms with van der Waals surface area (Å²) in [6.07, 6.45) is 1.36. The maximum Gasteiger partial charge on any atom is 0.134 e. The van der Waals surface area contributed by atoms with E-state index in [0.717, 1.165) is 12.0 Å². The standard InChI is InChI=1S/C14H17FN2/c1-3-8-9(4-2)14(17)12-10(13(8)15)6-5-7-11(12)16/h5-7H,3-4,16-17H2,1-2H3. The van der Waals surface area contributed by atoms with Crippen LogP contribution in [0.4, 0.5) is 15.8 Å². The summed E-state index contributed by atoms with van der Waals surface area (Å²) in [5.74, 6) is -0.180. The molecule has 0 saturated carbocycles. The van der Waals surface area contributed by atoms with Crippen LogP contribution in [0.15, 0.2) is 18.2 Å². The van der Waals surface area contributed by atoms with Crippen molar-refractivity contribution in [2.45, 2.75) is 26.7 Å². The Kier molecular flexibility index (Phi) is 2.92. The van der Waals surface area contributed by atoms with E-state index in [4.69, 9.17) is 11.5 Å². The zero-order valence-corrected chi connectivity index (χ0v) is 10.2. The van der Waals surface area contributed by atoms with Gasteiger partial charge in [-0.15, -0.1) is 0 Å². The number of hydrogen-bond donors (Lipinski definition) is 2.